The number of hydrogen-bond donors (Lipinski definition) is 0. The van der Waals surface area contributed by atoms with Crippen LogP contribution in [0.4, 0.5) is 0 Å². The van der Waals surface area contributed by atoms with Crippen molar-refractivity contribution in [1.82, 2.24) is 0 Å². The zero-order chi connectivity index (χ0) is 27.8. The molecule has 218 valence electrons. The lowest BCUT2D eigenvalue weighted by Gasteiger charge is -2.28. The average molecular weight is 637 g/mol. The first-order valence-electron chi connectivity index (χ1n) is 12.7. The maximum atomic E-state index is 9.92. The molecule has 0 saturated carbocycles. The number of carbonyl (C=O) groups is 2. The van der Waals surface area contributed by atoms with Crippen molar-refractivity contribution in [3.05, 3.63) is 12.2 Å². The molecule has 0 bridgehead atoms. The Kier molecular flexibility index (Phi) is 24.6. The van der Waals surface area contributed by atoms with Crippen molar-refractivity contribution in [3.63, 3.8) is 0 Å². The summed E-state index contributed by atoms with van der Waals surface area (Å²) in [6.45, 7) is 15.8. The molecule has 1 aliphatic heterocycles. The van der Waals surface area contributed by atoms with Gasteiger partial charge in [0.25, 0.3) is 0 Å². The summed E-state index contributed by atoms with van der Waals surface area (Å²) in [6.07, 6.45) is 4.26. The minimum Gasteiger partial charge on any atom is -0.387 e. The summed E-state index contributed by atoms with van der Waals surface area (Å²) in [4.78, 5) is 19.8. The summed E-state index contributed by atoms with van der Waals surface area (Å²) in [5.41, 5.74) is 0. The van der Waals surface area contributed by atoms with Gasteiger partial charge in [-0.3, -0.25) is 0 Å². The first-order valence-corrected chi connectivity index (χ1v) is 21.7. The molecule has 1 aliphatic rings. The summed E-state index contributed by atoms with van der Waals surface area (Å²) >= 11 is 0. The fourth-order valence-electron chi connectivity index (χ4n) is 3.11. The maximum Gasteiger partial charge on any atom is 0.500 e. The summed E-state index contributed by atoms with van der Waals surface area (Å²) in [7, 11) is 2.48. The second-order valence-corrected chi connectivity index (χ2v) is 18.7. The molecule has 0 saturated heterocycles. The number of carbonyl (C=O) groups excluding carboxylic acids is 2. The van der Waals surface area contributed by atoms with E-state index in [1.807, 2.05) is 82.8 Å². The van der Waals surface area contributed by atoms with Crippen LogP contribution in [-0.2, 0) is 40.9 Å². The van der Waals surface area contributed by atoms with Gasteiger partial charge in [-0.1, -0.05) is 21.6 Å². The molecular formula is C22H44O9S4Si2. The fraction of sp³-hybridized carbons (Fsp3) is 0.818. The number of hydrogen-bond acceptors (Lipinski definition) is 13. The van der Waals surface area contributed by atoms with E-state index in [4.69, 9.17) is 26.6 Å². The van der Waals surface area contributed by atoms with E-state index in [-0.39, 0.29) is 0 Å². The van der Waals surface area contributed by atoms with Crippen LogP contribution in [0.2, 0.25) is 12.1 Å². The van der Waals surface area contributed by atoms with Crippen molar-refractivity contribution in [2.75, 3.05) is 51.1 Å². The van der Waals surface area contributed by atoms with Gasteiger partial charge in [-0.25, -0.2) is 9.59 Å². The molecule has 1 heterocycles. The van der Waals surface area contributed by atoms with Crippen LogP contribution in [0.1, 0.15) is 54.4 Å². The van der Waals surface area contributed by atoms with Gasteiger partial charge in [0.05, 0.1) is 0 Å². The Morgan fingerprint density at radius 1 is 0.595 bits per heavy atom. The molecule has 0 amide bonds. The topological polar surface area (TPSA) is 98.8 Å². The minimum atomic E-state index is -2.49. The number of ether oxygens (including phenoxy) is 1. The van der Waals surface area contributed by atoms with Crippen LogP contribution < -0.4 is 0 Å². The smallest absolute Gasteiger partial charge is 0.387 e. The highest BCUT2D eigenvalue weighted by molar-refractivity contribution is 9.26. The summed E-state index contributed by atoms with van der Waals surface area (Å²) in [6, 6.07) is 1.76. The highest BCUT2D eigenvalue weighted by Gasteiger charge is 2.40. The molecule has 37 heavy (non-hydrogen) atoms. The van der Waals surface area contributed by atoms with Crippen molar-refractivity contribution in [3.8, 4) is 0 Å². The largest absolute Gasteiger partial charge is 0.500 e. The number of cyclic esters (lactones) is 2. The SMILES string of the molecule is CCO[Si](CCCSSSSCCC[Si](OCC)(OCC)OCC)(OCC)OCC.O=C1C=CC(=O)O1. The Bertz CT molecular complexity index is 549. The molecule has 0 unspecified atom stereocenters. The van der Waals surface area contributed by atoms with Gasteiger partial charge in [0.1, 0.15) is 0 Å². The molecule has 0 aromatic heterocycles. The molecule has 0 radical (unpaired) electrons. The van der Waals surface area contributed by atoms with Crippen molar-refractivity contribution in [1.29, 1.82) is 0 Å². The second-order valence-electron chi connectivity index (χ2n) is 7.02. The molecule has 0 aliphatic carbocycles. The summed E-state index contributed by atoms with van der Waals surface area (Å²) in [5.74, 6) is 0.972. The highest BCUT2D eigenvalue weighted by Crippen LogP contribution is 2.44. The van der Waals surface area contributed by atoms with E-state index in [0.717, 1.165) is 48.6 Å². The molecule has 0 spiro atoms. The van der Waals surface area contributed by atoms with Gasteiger partial charge < -0.3 is 31.3 Å². The molecule has 0 aromatic rings. The molecule has 0 atom stereocenters. The quantitative estimate of drug-likeness (QED) is 0.0421. The van der Waals surface area contributed by atoms with E-state index in [0.29, 0.717) is 39.6 Å². The zero-order valence-electron chi connectivity index (χ0n) is 22.9. The maximum absolute atomic E-state index is 9.92. The van der Waals surface area contributed by atoms with E-state index in [9.17, 15) is 9.59 Å². The van der Waals surface area contributed by atoms with Crippen LogP contribution in [0.25, 0.3) is 0 Å². The third-order valence-corrected chi connectivity index (χ3v) is 17.2. The van der Waals surface area contributed by atoms with Crippen molar-refractivity contribution < 1.29 is 40.9 Å². The zero-order valence-corrected chi connectivity index (χ0v) is 28.2. The number of esters is 2. The highest BCUT2D eigenvalue weighted by atomic mass is 33.7. The molecular weight excluding hydrogens is 593 g/mol. The van der Waals surface area contributed by atoms with Crippen LogP contribution >= 0.6 is 41.2 Å². The first-order chi connectivity index (χ1) is 17.9. The lowest BCUT2D eigenvalue weighted by atomic mass is 10.6. The number of rotatable bonds is 23. The van der Waals surface area contributed by atoms with Gasteiger partial charge in [0.2, 0.25) is 0 Å². The van der Waals surface area contributed by atoms with Crippen LogP contribution in [0.5, 0.6) is 0 Å². The van der Waals surface area contributed by atoms with Gasteiger partial charge >= 0.3 is 29.5 Å². The molecule has 1 rings (SSSR count). The Morgan fingerprint density at radius 2 is 0.892 bits per heavy atom. The van der Waals surface area contributed by atoms with Gasteiger partial charge in [-0.05, 0) is 74.0 Å². The van der Waals surface area contributed by atoms with Crippen molar-refractivity contribution in [2.45, 2.75) is 66.5 Å². The van der Waals surface area contributed by atoms with E-state index in [1.165, 1.54) is 0 Å². The third-order valence-electron chi connectivity index (χ3n) is 4.29. The van der Waals surface area contributed by atoms with Crippen molar-refractivity contribution in [2.24, 2.45) is 0 Å². The normalized spacial score (nSPS) is 13.6. The lowest BCUT2D eigenvalue weighted by molar-refractivity contribution is -0.150. The van der Waals surface area contributed by atoms with Crippen LogP contribution in [0, 0.1) is 0 Å². The Hall–Kier alpha value is 0.474. The minimum absolute atomic E-state index is 0.579. The van der Waals surface area contributed by atoms with Crippen LogP contribution in [0.15, 0.2) is 12.2 Å². The molecule has 0 N–H and O–H groups in total. The summed E-state index contributed by atoms with van der Waals surface area (Å²) < 4.78 is 39.4. The van der Waals surface area contributed by atoms with Gasteiger partial charge in [0.15, 0.2) is 0 Å². The molecule has 0 aromatic carbocycles. The van der Waals surface area contributed by atoms with Gasteiger partial charge in [0, 0.05) is 75.4 Å². The predicted octanol–water partition coefficient (Wildman–Crippen LogP) is 6.17. The van der Waals surface area contributed by atoms with Gasteiger partial charge in [-0.15, -0.1) is 0 Å². The van der Waals surface area contributed by atoms with E-state index < -0.39 is 29.5 Å². The Labute approximate surface area is 240 Å². The molecule has 9 nitrogen and oxygen atoms in total. The Balaban J connectivity index is 0.00000158. The summed E-state index contributed by atoms with van der Waals surface area (Å²) in [5, 5.41) is 0. The Morgan fingerprint density at radius 3 is 1.11 bits per heavy atom. The monoisotopic (exact) mass is 636 g/mol. The van der Waals surface area contributed by atoms with Gasteiger partial charge in [-0.2, -0.15) is 0 Å². The van der Waals surface area contributed by atoms with E-state index in [2.05, 4.69) is 4.74 Å². The first kappa shape index (κ1) is 37.5. The van der Waals surface area contributed by atoms with E-state index >= 15 is 0 Å². The van der Waals surface area contributed by atoms with Crippen LogP contribution in [-0.4, -0.2) is 80.7 Å². The van der Waals surface area contributed by atoms with Crippen molar-refractivity contribution >= 4 is 70.8 Å². The standard InChI is InChI=1S/C18H42O6S4Si2.C4H2O3/c1-7-19-29(20-8-2,21-9-3)17-13-15-25-27-28-26-16-14-18-30(22-10-4,23-11-5)24-12-6;5-3-1-2-4(6)7-3/h7-18H2,1-6H3;1-2H. The predicted molar refractivity (Wildman–Crippen MR) is 160 cm³/mol. The lowest BCUT2D eigenvalue weighted by Crippen LogP contribution is -2.46. The third kappa shape index (κ3) is 18.4. The molecule has 15 heteroatoms. The second kappa shape index (κ2) is 24.3. The van der Waals surface area contributed by atoms with E-state index in [1.54, 1.807) is 0 Å². The average Bonchev–Trinajstić information content (AvgIpc) is 3.24. The fourth-order valence-corrected chi connectivity index (χ4v) is 15.0. The van der Waals surface area contributed by atoms with Crippen LogP contribution in [0.3, 0.4) is 0 Å². The molecule has 0 fully saturated rings.